The number of anilines is 2. The number of rotatable bonds is 7. The van der Waals surface area contributed by atoms with E-state index in [4.69, 9.17) is 34.3 Å². The summed E-state index contributed by atoms with van der Waals surface area (Å²) in [6, 6.07) is 11.0. The zero-order chi connectivity index (χ0) is 28.3. The maximum Gasteiger partial charge on any atom is 0.284 e. The molecule has 39 heavy (non-hydrogen) atoms. The fraction of sp³-hybridized carbons (Fsp3) is 0.308. The Morgan fingerprint density at radius 2 is 1.85 bits per heavy atom. The van der Waals surface area contributed by atoms with Crippen molar-refractivity contribution >= 4 is 67.4 Å². The minimum Gasteiger partial charge on any atom is -0.383 e. The molecule has 2 heterocycles. The standard InChI is InChI=1S/C26H28Cl2N6O4S/c1-17(33-12-2-3-18-15-19(27)4-9-22(18)33)26(36)32-13-14-34(25(35)16-32)20-5-7-21(8-6-20)39(37,38)31-24(30)11-10-23(28)29/h4-11,15,17,29H,2-3,12-14,16H2,1H3,(H2,30,31)/t17-/m1/s1. The number of nitrogens with one attached hydrogen (secondary N) is 1. The van der Waals surface area contributed by atoms with E-state index in [2.05, 4.69) is 9.30 Å². The van der Waals surface area contributed by atoms with E-state index in [-0.39, 0.29) is 40.8 Å². The fourth-order valence-corrected chi connectivity index (χ4v) is 5.89. The lowest BCUT2D eigenvalue weighted by atomic mass is 10.00. The van der Waals surface area contributed by atoms with Gasteiger partial charge in [-0.15, -0.1) is 4.40 Å². The van der Waals surface area contributed by atoms with Crippen molar-refractivity contribution in [3.63, 3.8) is 0 Å². The Balaban J connectivity index is 1.42. The van der Waals surface area contributed by atoms with Gasteiger partial charge in [-0.3, -0.25) is 15.0 Å². The lowest BCUT2D eigenvalue weighted by Gasteiger charge is -2.40. The van der Waals surface area contributed by atoms with E-state index in [0.29, 0.717) is 17.3 Å². The number of hydrogen-bond donors (Lipinski definition) is 2. The topological polar surface area (TPSA) is 140 Å². The van der Waals surface area contributed by atoms with Crippen molar-refractivity contribution in [2.24, 2.45) is 10.1 Å². The molecule has 1 saturated heterocycles. The van der Waals surface area contributed by atoms with Crippen LogP contribution in [-0.4, -0.2) is 68.4 Å². The molecule has 2 aliphatic heterocycles. The first-order valence-electron chi connectivity index (χ1n) is 12.2. The third-order valence-corrected chi connectivity index (χ3v) is 8.31. The van der Waals surface area contributed by atoms with Crippen LogP contribution in [0.1, 0.15) is 18.9 Å². The number of carbonyl (C=O) groups is 2. The average molecular weight is 592 g/mol. The molecule has 13 heteroatoms. The highest BCUT2D eigenvalue weighted by molar-refractivity contribution is 7.90. The van der Waals surface area contributed by atoms with Crippen LogP contribution in [0.5, 0.6) is 0 Å². The van der Waals surface area contributed by atoms with Crippen LogP contribution in [0, 0.1) is 5.41 Å². The molecule has 2 aliphatic rings. The molecule has 0 saturated carbocycles. The van der Waals surface area contributed by atoms with E-state index in [1.807, 2.05) is 25.1 Å². The largest absolute Gasteiger partial charge is 0.383 e. The summed E-state index contributed by atoms with van der Waals surface area (Å²) in [5, 5.41) is 7.46. The molecule has 0 bridgehead atoms. The van der Waals surface area contributed by atoms with Gasteiger partial charge in [0.25, 0.3) is 10.0 Å². The second-order valence-corrected chi connectivity index (χ2v) is 11.7. The molecule has 0 spiro atoms. The molecule has 206 valence electrons. The molecule has 2 aromatic carbocycles. The van der Waals surface area contributed by atoms with Crippen molar-refractivity contribution in [1.82, 2.24) is 4.90 Å². The summed E-state index contributed by atoms with van der Waals surface area (Å²) >= 11 is 11.5. The molecule has 1 atom stereocenters. The highest BCUT2D eigenvalue weighted by Crippen LogP contribution is 2.31. The first kappa shape index (κ1) is 28.6. The van der Waals surface area contributed by atoms with Crippen LogP contribution in [0.15, 0.2) is 63.9 Å². The molecular formula is C26H28Cl2N6O4S. The van der Waals surface area contributed by atoms with E-state index in [1.165, 1.54) is 29.2 Å². The zero-order valence-electron chi connectivity index (χ0n) is 21.2. The first-order valence-corrected chi connectivity index (χ1v) is 14.4. The number of hydrogen-bond acceptors (Lipinski definition) is 6. The number of benzene rings is 2. The number of allylic oxidation sites excluding steroid dienone is 1. The predicted octanol–water partition coefficient (Wildman–Crippen LogP) is 3.17. The van der Waals surface area contributed by atoms with Crippen LogP contribution < -0.4 is 15.5 Å². The molecule has 0 unspecified atom stereocenters. The molecule has 0 aromatic heterocycles. The summed E-state index contributed by atoms with van der Waals surface area (Å²) < 4.78 is 28.5. The second-order valence-electron chi connectivity index (χ2n) is 9.22. The molecule has 3 N–H and O–H groups in total. The summed E-state index contributed by atoms with van der Waals surface area (Å²) in [6.07, 6.45) is 4.04. The Kier molecular flexibility index (Phi) is 8.63. The van der Waals surface area contributed by atoms with Gasteiger partial charge in [0.15, 0.2) is 0 Å². The maximum absolute atomic E-state index is 13.4. The Hall–Kier alpha value is -3.41. The number of fused-ring (bicyclic) bond motifs is 1. The molecule has 1 fully saturated rings. The van der Waals surface area contributed by atoms with Crippen LogP contribution in [0.3, 0.4) is 0 Å². The molecule has 0 radical (unpaired) electrons. The minimum atomic E-state index is -4.10. The van der Waals surface area contributed by atoms with E-state index >= 15 is 0 Å². The number of sulfonamides is 1. The third-order valence-electron chi connectivity index (χ3n) is 6.63. The van der Waals surface area contributed by atoms with Gasteiger partial charge >= 0.3 is 0 Å². The quantitative estimate of drug-likeness (QED) is 0.375. The molecular weight excluding hydrogens is 563 g/mol. The summed E-state index contributed by atoms with van der Waals surface area (Å²) in [5.74, 6) is -0.716. The van der Waals surface area contributed by atoms with Crippen molar-refractivity contribution in [3.8, 4) is 0 Å². The monoisotopic (exact) mass is 590 g/mol. The normalized spacial score (nSPS) is 17.4. The highest BCUT2D eigenvalue weighted by Gasteiger charge is 2.34. The van der Waals surface area contributed by atoms with Gasteiger partial charge in [0.2, 0.25) is 11.8 Å². The van der Waals surface area contributed by atoms with Crippen LogP contribution in [-0.2, 0) is 26.0 Å². The maximum atomic E-state index is 13.4. The van der Waals surface area contributed by atoms with E-state index in [1.54, 1.807) is 4.90 Å². The van der Waals surface area contributed by atoms with E-state index < -0.39 is 16.1 Å². The molecule has 2 amide bonds. The van der Waals surface area contributed by atoms with Crippen LogP contribution in [0.2, 0.25) is 5.02 Å². The van der Waals surface area contributed by atoms with Gasteiger partial charge in [-0.1, -0.05) is 23.2 Å². The third kappa shape index (κ3) is 6.60. The van der Waals surface area contributed by atoms with Crippen molar-refractivity contribution in [1.29, 1.82) is 5.41 Å². The van der Waals surface area contributed by atoms with Gasteiger partial charge in [0.1, 0.15) is 23.6 Å². The van der Waals surface area contributed by atoms with Gasteiger partial charge in [-0.25, -0.2) is 0 Å². The van der Waals surface area contributed by atoms with Crippen LogP contribution in [0.4, 0.5) is 11.4 Å². The van der Waals surface area contributed by atoms with Crippen molar-refractivity contribution < 1.29 is 18.0 Å². The van der Waals surface area contributed by atoms with Crippen LogP contribution in [0.25, 0.3) is 0 Å². The predicted molar refractivity (Wildman–Crippen MR) is 153 cm³/mol. The van der Waals surface area contributed by atoms with Gasteiger partial charge in [-0.2, -0.15) is 8.42 Å². The van der Waals surface area contributed by atoms with Crippen molar-refractivity contribution in [2.75, 3.05) is 36.0 Å². The van der Waals surface area contributed by atoms with Crippen molar-refractivity contribution in [3.05, 3.63) is 65.2 Å². The first-order chi connectivity index (χ1) is 18.5. The molecule has 2 aromatic rings. The summed E-state index contributed by atoms with van der Waals surface area (Å²) in [4.78, 5) is 31.4. The molecule has 0 aliphatic carbocycles. The van der Waals surface area contributed by atoms with Gasteiger partial charge in [-0.05, 0) is 79.9 Å². The zero-order valence-corrected chi connectivity index (χ0v) is 23.5. The number of nitrogens with zero attached hydrogens (tertiary/aromatic N) is 4. The van der Waals surface area contributed by atoms with E-state index in [9.17, 15) is 18.0 Å². The highest BCUT2D eigenvalue weighted by atomic mass is 35.5. The Morgan fingerprint density at radius 1 is 1.13 bits per heavy atom. The number of amidine groups is 1. The second kappa shape index (κ2) is 11.8. The number of piperazine rings is 1. The smallest absolute Gasteiger partial charge is 0.284 e. The Bertz CT molecular complexity index is 1460. The summed E-state index contributed by atoms with van der Waals surface area (Å²) in [6.45, 7) is 3.14. The van der Waals surface area contributed by atoms with Gasteiger partial charge in [0.05, 0.1) is 4.90 Å². The average Bonchev–Trinajstić information content (AvgIpc) is 2.90. The summed E-state index contributed by atoms with van der Waals surface area (Å²) in [7, 11) is -4.10. The fourth-order valence-electron chi connectivity index (χ4n) is 4.71. The van der Waals surface area contributed by atoms with Gasteiger partial charge in [0, 0.05) is 36.0 Å². The minimum absolute atomic E-state index is 0.0761. The number of halogens is 2. The lowest BCUT2D eigenvalue weighted by Crippen LogP contribution is -2.57. The molecule has 10 nitrogen and oxygen atoms in total. The Labute approximate surface area is 237 Å². The number of carbonyl (C=O) groups excluding carboxylic acids is 2. The van der Waals surface area contributed by atoms with Crippen molar-refractivity contribution in [2.45, 2.75) is 30.7 Å². The SMILES string of the molecule is C[C@H](C(=O)N1CCN(c2ccc(S(=O)(=O)N=C(N)C=CC(=N)Cl)cc2)C(=O)C1)N1CCCc2cc(Cl)ccc21. The van der Waals surface area contributed by atoms with E-state index in [0.717, 1.165) is 42.8 Å². The van der Waals surface area contributed by atoms with Gasteiger partial charge < -0.3 is 20.4 Å². The van der Waals surface area contributed by atoms with Crippen LogP contribution >= 0.6 is 23.2 Å². The Morgan fingerprint density at radius 3 is 2.51 bits per heavy atom. The number of amides is 2. The molecule has 4 rings (SSSR count). The number of aryl methyl sites for hydroxylation is 1. The lowest BCUT2D eigenvalue weighted by molar-refractivity contribution is -0.137. The number of nitrogens with two attached hydrogens (primary N) is 1. The summed E-state index contributed by atoms with van der Waals surface area (Å²) in [5.41, 5.74) is 8.19.